The molecule has 0 bridgehead atoms. The third-order valence-corrected chi connectivity index (χ3v) is 3.61. The van der Waals surface area contributed by atoms with Crippen molar-refractivity contribution < 1.29 is 9.47 Å². The Kier molecular flexibility index (Phi) is 5.15. The normalized spacial score (nSPS) is 12.2. The van der Waals surface area contributed by atoms with E-state index >= 15 is 0 Å². The molecule has 0 saturated heterocycles. The summed E-state index contributed by atoms with van der Waals surface area (Å²) < 4.78 is 12.9. The Morgan fingerprint density at radius 2 is 1.85 bits per heavy atom. The maximum absolute atomic E-state index is 5.94. The van der Waals surface area contributed by atoms with Gasteiger partial charge < -0.3 is 9.47 Å². The van der Waals surface area contributed by atoms with Crippen LogP contribution in [0.5, 0.6) is 11.5 Å². The van der Waals surface area contributed by atoms with Crippen LogP contribution in [0.1, 0.15) is 20.3 Å². The molecule has 0 aliphatic heterocycles. The van der Waals surface area contributed by atoms with E-state index in [2.05, 4.69) is 11.9 Å². The Morgan fingerprint density at radius 3 is 2.40 bits per heavy atom. The first kappa shape index (κ1) is 15.0. The second-order valence-corrected chi connectivity index (χ2v) is 5.09. The number of halogens is 2. The molecule has 1 aromatic heterocycles. The number of hydrogen-bond acceptors (Lipinski definition) is 3. The molecule has 2 rings (SSSR count). The summed E-state index contributed by atoms with van der Waals surface area (Å²) >= 11 is 11.7. The second kappa shape index (κ2) is 6.86. The number of rotatable bonds is 6. The lowest BCUT2D eigenvalue weighted by Gasteiger charge is -2.13. The standard InChI is InChI=1S/C14H16Cl2N2O2/c1-3-10(2)20-12-6-4-11(5-7-12)19-9-18-8-17-13(15)14(18)16/h4-8,10H,3,9H2,1-2H3. The molecule has 1 unspecified atom stereocenters. The first-order valence-electron chi connectivity index (χ1n) is 6.35. The molecule has 0 N–H and O–H groups in total. The predicted molar refractivity (Wildman–Crippen MR) is 79.7 cm³/mol. The fourth-order valence-electron chi connectivity index (χ4n) is 1.51. The smallest absolute Gasteiger partial charge is 0.167 e. The lowest BCUT2D eigenvalue weighted by atomic mass is 10.3. The Bertz CT molecular complexity index is 555. The van der Waals surface area contributed by atoms with Gasteiger partial charge in [-0.1, -0.05) is 30.1 Å². The molecule has 1 heterocycles. The van der Waals surface area contributed by atoms with Crippen molar-refractivity contribution in [1.82, 2.24) is 9.55 Å². The van der Waals surface area contributed by atoms with Crippen molar-refractivity contribution in [3.05, 3.63) is 40.9 Å². The van der Waals surface area contributed by atoms with Gasteiger partial charge in [0.1, 0.15) is 17.8 Å². The summed E-state index contributed by atoms with van der Waals surface area (Å²) in [6, 6.07) is 7.46. The highest BCUT2D eigenvalue weighted by Crippen LogP contribution is 2.22. The van der Waals surface area contributed by atoms with E-state index in [0.29, 0.717) is 5.15 Å². The zero-order valence-electron chi connectivity index (χ0n) is 11.3. The molecule has 0 amide bonds. The summed E-state index contributed by atoms with van der Waals surface area (Å²) in [4.78, 5) is 3.88. The number of benzene rings is 1. The summed E-state index contributed by atoms with van der Waals surface area (Å²) in [5, 5.41) is 0.635. The third kappa shape index (κ3) is 3.81. The number of nitrogens with zero attached hydrogens (tertiary/aromatic N) is 2. The maximum Gasteiger partial charge on any atom is 0.167 e. The highest BCUT2D eigenvalue weighted by molar-refractivity contribution is 6.40. The molecular formula is C14H16Cl2N2O2. The molecule has 0 aliphatic rings. The zero-order valence-corrected chi connectivity index (χ0v) is 12.9. The van der Waals surface area contributed by atoms with Crippen LogP contribution in [0.2, 0.25) is 10.3 Å². The molecule has 6 heteroatoms. The molecule has 0 aliphatic carbocycles. The average molecular weight is 315 g/mol. The summed E-state index contributed by atoms with van der Waals surface area (Å²) in [6.45, 7) is 4.38. The van der Waals surface area contributed by atoms with Gasteiger partial charge in [-0.3, -0.25) is 4.57 Å². The van der Waals surface area contributed by atoms with Crippen LogP contribution in [0, 0.1) is 0 Å². The van der Waals surface area contributed by atoms with Gasteiger partial charge in [0.15, 0.2) is 17.0 Å². The monoisotopic (exact) mass is 314 g/mol. The predicted octanol–water partition coefficient (Wildman–Crippen LogP) is 4.40. The van der Waals surface area contributed by atoms with Crippen LogP contribution < -0.4 is 9.47 Å². The van der Waals surface area contributed by atoms with Crippen molar-refractivity contribution in [3.8, 4) is 11.5 Å². The van der Waals surface area contributed by atoms with E-state index in [0.717, 1.165) is 17.9 Å². The molecule has 0 fully saturated rings. The Morgan fingerprint density at radius 1 is 1.20 bits per heavy atom. The molecule has 1 atom stereocenters. The Balaban J connectivity index is 1.92. The van der Waals surface area contributed by atoms with Crippen molar-refractivity contribution in [1.29, 1.82) is 0 Å². The minimum atomic E-state index is 0.202. The van der Waals surface area contributed by atoms with Crippen molar-refractivity contribution in [2.24, 2.45) is 0 Å². The summed E-state index contributed by atoms with van der Waals surface area (Å²) in [7, 11) is 0. The van der Waals surface area contributed by atoms with Crippen LogP contribution in [-0.2, 0) is 6.73 Å². The van der Waals surface area contributed by atoms with Crippen LogP contribution in [0.3, 0.4) is 0 Å². The first-order chi connectivity index (χ1) is 9.60. The maximum atomic E-state index is 5.94. The minimum absolute atomic E-state index is 0.202. The van der Waals surface area contributed by atoms with E-state index in [4.69, 9.17) is 32.7 Å². The van der Waals surface area contributed by atoms with Gasteiger partial charge in [0.2, 0.25) is 0 Å². The zero-order chi connectivity index (χ0) is 14.5. The van der Waals surface area contributed by atoms with E-state index in [1.165, 1.54) is 6.33 Å². The van der Waals surface area contributed by atoms with Crippen LogP contribution in [0.25, 0.3) is 0 Å². The van der Waals surface area contributed by atoms with Crippen LogP contribution >= 0.6 is 23.2 Å². The fourth-order valence-corrected chi connectivity index (χ4v) is 1.80. The van der Waals surface area contributed by atoms with Gasteiger partial charge >= 0.3 is 0 Å². The molecule has 108 valence electrons. The molecular weight excluding hydrogens is 299 g/mol. The lowest BCUT2D eigenvalue weighted by molar-refractivity contribution is 0.215. The molecule has 20 heavy (non-hydrogen) atoms. The van der Waals surface area contributed by atoms with E-state index in [-0.39, 0.29) is 18.0 Å². The quantitative estimate of drug-likeness (QED) is 0.792. The van der Waals surface area contributed by atoms with E-state index in [1.54, 1.807) is 4.57 Å². The van der Waals surface area contributed by atoms with E-state index in [1.807, 2.05) is 31.2 Å². The molecule has 0 radical (unpaired) electrons. The van der Waals surface area contributed by atoms with E-state index < -0.39 is 0 Å². The van der Waals surface area contributed by atoms with Crippen molar-refractivity contribution in [2.45, 2.75) is 33.1 Å². The number of ether oxygens (including phenoxy) is 2. The third-order valence-electron chi connectivity index (χ3n) is 2.84. The second-order valence-electron chi connectivity index (χ2n) is 4.38. The van der Waals surface area contributed by atoms with E-state index in [9.17, 15) is 0 Å². The molecule has 2 aromatic rings. The van der Waals surface area contributed by atoms with Gasteiger partial charge in [-0.25, -0.2) is 4.98 Å². The van der Waals surface area contributed by atoms with Gasteiger partial charge in [-0.15, -0.1) is 0 Å². The molecule has 1 aromatic carbocycles. The van der Waals surface area contributed by atoms with Crippen molar-refractivity contribution >= 4 is 23.2 Å². The van der Waals surface area contributed by atoms with Gasteiger partial charge in [-0.2, -0.15) is 0 Å². The molecule has 0 saturated carbocycles. The number of aromatic nitrogens is 2. The van der Waals surface area contributed by atoms with Gasteiger partial charge in [0, 0.05) is 0 Å². The van der Waals surface area contributed by atoms with Gasteiger partial charge in [0.25, 0.3) is 0 Å². The lowest BCUT2D eigenvalue weighted by Crippen LogP contribution is -2.09. The highest BCUT2D eigenvalue weighted by Gasteiger charge is 2.06. The molecule has 0 spiro atoms. The summed E-state index contributed by atoms with van der Waals surface area (Å²) in [5.74, 6) is 1.55. The van der Waals surface area contributed by atoms with Crippen molar-refractivity contribution in [2.75, 3.05) is 0 Å². The van der Waals surface area contributed by atoms with Crippen LogP contribution in [-0.4, -0.2) is 15.7 Å². The Labute approximate surface area is 128 Å². The highest BCUT2D eigenvalue weighted by atomic mass is 35.5. The summed E-state index contributed by atoms with van der Waals surface area (Å²) in [5.41, 5.74) is 0. The van der Waals surface area contributed by atoms with Crippen LogP contribution in [0.15, 0.2) is 30.6 Å². The van der Waals surface area contributed by atoms with Gasteiger partial charge in [-0.05, 0) is 37.6 Å². The summed E-state index contributed by atoms with van der Waals surface area (Å²) in [6.07, 6.45) is 2.71. The number of hydrogen-bond donors (Lipinski definition) is 0. The first-order valence-corrected chi connectivity index (χ1v) is 7.11. The Hall–Kier alpha value is -1.39. The van der Waals surface area contributed by atoms with Gasteiger partial charge in [0.05, 0.1) is 6.10 Å². The van der Waals surface area contributed by atoms with Crippen LogP contribution in [0.4, 0.5) is 0 Å². The molecule has 4 nitrogen and oxygen atoms in total. The largest absolute Gasteiger partial charge is 0.491 e. The number of imidazole rings is 1. The van der Waals surface area contributed by atoms with Crippen molar-refractivity contribution in [3.63, 3.8) is 0 Å². The fraction of sp³-hybridized carbons (Fsp3) is 0.357. The minimum Gasteiger partial charge on any atom is -0.491 e. The SMILES string of the molecule is CCC(C)Oc1ccc(OCn2cnc(Cl)c2Cl)cc1. The topological polar surface area (TPSA) is 36.3 Å². The average Bonchev–Trinajstić information content (AvgIpc) is 2.78.